The SMILES string of the molecule is CC1(Nc2nnc(CCN)o2)CCCC1. The minimum atomic E-state index is 0.131. The van der Waals surface area contributed by atoms with Crippen molar-refractivity contribution in [3.05, 3.63) is 5.89 Å². The van der Waals surface area contributed by atoms with Crippen LogP contribution < -0.4 is 11.1 Å². The summed E-state index contributed by atoms with van der Waals surface area (Å²) in [5, 5.41) is 11.2. The Hall–Kier alpha value is -1.10. The Kier molecular flexibility index (Phi) is 2.90. The highest BCUT2D eigenvalue weighted by Crippen LogP contribution is 2.31. The maximum Gasteiger partial charge on any atom is 0.315 e. The van der Waals surface area contributed by atoms with Crippen molar-refractivity contribution in [3.8, 4) is 0 Å². The summed E-state index contributed by atoms with van der Waals surface area (Å²) in [5.74, 6) is 0.613. The number of nitrogens with zero attached hydrogens (tertiary/aromatic N) is 2. The molecule has 15 heavy (non-hydrogen) atoms. The number of nitrogens with one attached hydrogen (secondary N) is 1. The molecule has 0 saturated heterocycles. The van der Waals surface area contributed by atoms with Crippen molar-refractivity contribution in [1.82, 2.24) is 10.2 Å². The predicted octanol–water partition coefficient (Wildman–Crippen LogP) is 1.32. The molecule has 0 spiro atoms. The molecule has 0 aromatic carbocycles. The summed E-state index contributed by atoms with van der Waals surface area (Å²) in [6.07, 6.45) is 5.52. The van der Waals surface area contributed by atoms with Crippen molar-refractivity contribution in [2.24, 2.45) is 5.73 Å². The summed E-state index contributed by atoms with van der Waals surface area (Å²) in [6.45, 7) is 2.74. The molecule has 0 amide bonds. The Morgan fingerprint density at radius 3 is 2.80 bits per heavy atom. The summed E-state index contributed by atoms with van der Waals surface area (Å²) < 4.78 is 5.44. The molecular weight excluding hydrogens is 192 g/mol. The van der Waals surface area contributed by atoms with Crippen molar-refractivity contribution in [2.75, 3.05) is 11.9 Å². The van der Waals surface area contributed by atoms with Crippen LogP contribution in [0.3, 0.4) is 0 Å². The molecule has 5 nitrogen and oxygen atoms in total. The van der Waals surface area contributed by atoms with Crippen molar-refractivity contribution < 1.29 is 4.42 Å². The van der Waals surface area contributed by atoms with Crippen LogP contribution >= 0.6 is 0 Å². The van der Waals surface area contributed by atoms with Crippen LogP contribution in [0.25, 0.3) is 0 Å². The number of anilines is 1. The van der Waals surface area contributed by atoms with E-state index in [1.54, 1.807) is 0 Å². The maximum absolute atomic E-state index is 5.44. The molecule has 1 heterocycles. The summed E-state index contributed by atoms with van der Waals surface area (Å²) >= 11 is 0. The fourth-order valence-electron chi connectivity index (χ4n) is 2.07. The molecule has 0 unspecified atom stereocenters. The van der Waals surface area contributed by atoms with Gasteiger partial charge in [0.2, 0.25) is 5.89 Å². The molecule has 2 rings (SSSR count). The van der Waals surface area contributed by atoms with Gasteiger partial charge in [-0.3, -0.25) is 0 Å². The first-order valence-electron chi connectivity index (χ1n) is 5.52. The van der Waals surface area contributed by atoms with Crippen LogP contribution in [-0.2, 0) is 6.42 Å². The van der Waals surface area contributed by atoms with Crippen molar-refractivity contribution in [3.63, 3.8) is 0 Å². The predicted molar refractivity (Wildman–Crippen MR) is 57.6 cm³/mol. The molecule has 1 aliphatic rings. The van der Waals surface area contributed by atoms with Gasteiger partial charge in [0.05, 0.1) is 0 Å². The van der Waals surface area contributed by atoms with Crippen LogP contribution in [0.5, 0.6) is 0 Å². The van der Waals surface area contributed by atoms with Crippen LogP contribution in [0, 0.1) is 0 Å². The molecule has 0 atom stereocenters. The van der Waals surface area contributed by atoms with E-state index < -0.39 is 0 Å². The highest BCUT2D eigenvalue weighted by molar-refractivity contribution is 5.24. The average Bonchev–Trinajstić information content (AvgIpc) is 2.77. The topological polar surface area (TPSA) is 77.0 Å². The minimum Gasteiger partial charge on any atom is -0.408 e. The standard InChI is InChI=1S/C10H18N4O/c1-10(5-2-3-6-10)12-9-14-13-8(15-9)4-7-11/h2-7,11H2,1H3,(H,12,14). The second kappa shape index (κ2) is 4.18. The molecule has 1 saturated carbocycles. The number of nitrogens with two attached hydrogens (primary N) is 1. The van der Waals surface area contributed by atoms with Gasteiger partial charge in [0.25, 0.3) is 0 Å². The largest absolute Gasteiger partial charge is 0.408 e. The molecule has 1 aromatic heterocycles. The molecule has 0 radical (unpaired) electrons. The highest BCUT2D eigenvalue weighted by atomic mass is 16.4. The molecule has 84 valence electrons. The van der Waals surface area contributed by atoms with Crippen LogP contribution in [0.4, 0.5) is 6.01 Å². The van der Waals surface area contributed by atoms with Gasteiger partial charge in [-0.15, -0.1) is 5.10 Å². The number of hydrogen-bond donors (Lipinski definition) is 2. The van der Waals surface area contributed by atoms with Gasteiger partial charge in [-0.25, -0.2) is 0 Å². The van der Waals surface area contributed by atoms with Gasteiger partial charge in [-0.05, 0) is 19.8 Å². The molecule has 3 N–H and O–H groups in total. The van der Waals surface area contributed by atoms with Gasteiger partial charge >= 0.3 is 6.01 Å². The maximum atomic E-state index is 5.44. The van der Waals surface area contributed by atoms with Crippen molar-refractivity contribution in [1.29, 1.82) is 0 Å². The second-order valence-corrected chi connectivity index (χ2v) is 4.43. The van der Waals surface area contributed by atoms with E-state index in [1.165, 1.54) is 25.7 Å². The van der Waals surface area contributed by atoms with E-state index >= 15 is 0 Å². The Balaban J connectivity index is 1.97. The van der Waals surface area contributed by atoms with Crippen LogP contribution in [0.15, 0.2) is 4.42 Å². The molecule has 1 aromatic rings. The third-order valence-corrected chi connectivity index (χ3v) is 2.94. The molecule has 0 aliphatic heterocycles. The summed E-state index contributed by atoms with van der Waals surface area (Å²) in [6, 6.07) is 0.530. The Morgan fingerprint density at radius 1 is 1.40 bits per heavy atom. The third kappa shape index (κ3) is 2.47. The summed E-state index contributed by atoms with van der Waals surface area (Å²) in [4.78, 5) is 0. The van der Waals surface area contributed by atoms with E-state index in [-0.39, 0.29) is 5.54 Å². The molecule has 1 fully saturated rings. The Labute approximate surface area is 89.4 Å². The summed E-state index contributed by atoms with van der Waals surface area (Å²) in [7, 11) is 0. The van der Waals surface area contributed by atoms with E-state index in [9.17, 15) is 0 Å². The van der Waals surface area contributed by atoms with Gasteiger partial charge in [-0.2, -0.15) is 0 Å². The van der Waals surface area contributed by atoms with Crippen LogP contribution in [0.2, 0.25) is 0 Å². The lowest BCUT2D eigenvalue weighted by molar-refractivity contribution is 0.464. The van der Waals surface area contributed by atoms with Gasteiger partial charge < -0.3 is 15.5 Å². The fourth-order valence-corrected chi connectivity index (χ4v) is 2.07. The zero-order chi connectivity index (χ0) is 10.7. The van der Waals surface area contributed by atoms with E-state index in [4.69, 9.17) is 10.2 Å². The van der Waals surface area contributed by atoms with Gasteiger partial charge in [0.1, 0.15) is 0 Å². The molecule has 1 aliphatic carbocycles. The zero-order valence-electron chi connectivity index (χ0n) is 9.12. The Morgan fingerprint density at radius 2 is 2.13 bits per heavy atom. The monoisotopic (exact) mass is 210 g/mol. The van der Waals surface area contributed by atoms with E-state index in [0.717, 1.165) is 0 Å². The van der Waals surface area contributed by atoms with Gasteiger partial charge in [-0.1, -0.05) is 17.9 Å². The van der Waals surface area contributed by atoms with E-state index in [2.05, 4.69) is 22.4 Å². The van der Waals surface area contributed by atoms with E-state index in [1.807, 2.05) is 0 Å². The third-order valence-electron chi connectivity index (χ3n) is 2.94. The smallest absolute Gasteiger partial charge is 0.315 e. The minimum absolute atomic E-state index is 0.131. The van der Waals surface area contributed by atoms with Crippen molar-refractivity contribution >= 4 is 6.01 Å². The van der Waals surface area contributed by atoms with Crippen LogP contribution in [0.1, 0.15) is 38.5 Å². The van der Waals surface area contributed by atoms with Gasteiger partial charge in [0, 0.05) is 18.5 Å². The first kappa shape index (κ1) is 10.4. The quantitative estimate of drug-likeness (QED) is 0.783. The second-order valence-electron chi connectivity index (χ2n) is 4.43. The summed E-state index contributed by atoms with van der Waals surface area (Å²) in [5.41, 5.74) is 5.54. The first-order chi connectivity index (χ1) is 7.22. The number of rotatable bonds is 4. The molecular formula is C10H18N4O. The number of aromatic nitrogens is 2. The van der Waals surface area contributed by atoms with Gasteiger partial charge in [0.15, 0.2) is 0 Å². The zero-order valence-corrected chi connectivity index (χ0v) is 9.12. The van der Waals surface area contributed by atoms with E-state index in [0.29, 0.717) is 24.9 Å². The molecule has 5 heteroatoms. The lowest BCUT2D eigenvalue weighted by Crippen LogP contribution is -2.30. The molecule has 0 bridgehead atoms. The normalized spacial score (nSPS) is 19.3. The average molecular weight is 210 g/mol. The van der Waals surface area contributed by atoms with Crippen LogP contribution in [-0.4, -0.2) is 22.3 Å². The Bertz CT molecular complexity index is 317. The highest BCUT2D eigenvalue weighted by Gasteiger charge is 2.29. The van der Waals surface area contributed by atoms with Crippen molar-refractivity contribution in [2.45, 2.75) is 44.6 Å². The number of hydrogen-bond acceptors (Lipinski definition) is 5. The lowest BCUT2D eigenvalue weighted by Gasteiger charge is -2.23. The lowest BCUT2D eigenvalue weighted by atomic mass is 10.0. The first-order valence-corrected chi connectivity index (χ1v) is 5.52. The fraction of sp³-hybridized carbons (Fsp3) is 0.800.